The van der Waals surface area contributed by atoms with Gasteiger partial charge in [0.2, 0.25) is 10.0 Å². The summed E-state index contributed by atoms with van der Waals surface area (Å²) in [6, 6.07) is 5.31. The van der Waals surface area contributed by atoms with Crippen LogP contribution in [0.15, 0.2) is 18.2 Å². The maximum atomic E-state index is 12.4. The number of carbonyl (C=O) groups excluding carboxylic acids is 1. The number of hydrogen-bond donors (Lipinski definition) is 2. The molecular formula is C17H24N2O3S. The summed E-state index contributed by atoms with van der Waals surface area (Å²) in [5.74, 6) is -0.660. The molecule has 0 atom stereocenters. The third-order valence-electron chi connectivity index (χ3n) is 3.96. The minimum Gasteiger partial charge on any atom is -0.358 e. The number of aryl methyl sites for hydroxylation is 2. The smallest absolute Gasteiger partial charge is 0.266 e. The quantitative estimate of drug-likeness (QED) is 0.899. The third kappa shape index (κ3) is 4.13. The summed E-state index contributed by atoms with van der Waals surface area (Å²) in [7, 11) is -3.65. The van der Waals surface area contributed by atoms with E-state index in [9.17, 15) is 13.2 Å². The van der Waals surface area contributed by atoms with Crippen LogP contribution in [0.5, 0.6) is 0 Å². The number of fused-ring (bicyclic) bond motifs is 1. The van der Waals surface area contributed by atoms with Crippen LogP contribution in [0.3, 0.4) is 0 Å². The minimum absolute atomic E-state index is 0.0685. The van der Waals surface area contributed by atoms with Gasteiger partial charge in [-0.05, 0) is 37.3 Å². The molecule has 0 aliphatic carbocycles. The van der Waals surface area contributed by atoms with Crippen molar-refractivity contribution in [3.05, 3.63) is 35.0 Å². The fourth-order valence-electron chi connectivity index (χ4n) is 2.36. The Morgan fingerprint density at radius 3 is 2.48 bits per heavy atom. The highest BCUT2D eigenvalue weighted by Crippen LogP contribution is 2.24. The van der Waals surface area contributed by atoms with Gasteiger partial charge in [-0.1, -0.05) is 32.9 Å². The van der Waals surface area contributed by atoms with Gasteiger partial charge in [0.15, 0.2) is 0 Å². The maximum absolute atomic E-state index is 12.4. The van der Waals surface area contributed by atoms with Crippen LogP contribution >= 0.6 is 0 Å². The molecular weight excluding hydrogens is 312 g/mol. The van der Waals surface area contributed by atoms with Crippen LogP contribution in [0.25, 0.3) is 10.9 Å². The van der Waals surface area contributed by atoms with Crippen molar-refractivity contribution in [3.63, 3.8) is 0 Å². The lowest BCUT2D eigenvalue weighted by Crippen LogP contribution is -2.33. The van der Waals surface area contributed by atoms with Gasteiger partial charge in [0.1, 0.15) is 0 Å². The van der Waals surface area contributed by atoms with Crippen molar-refractivity contribution in [2.45, 2.75) is 41.0 Å². The van der Waals surface area contributed by atoms with Gasteiger partial charge in [0.05, 0.1) is 16.8 Å². The molecule has 1 aromatic heterocycles. The van der Waals surface area contributed by atoms with E-state index in [0.29, 0.717) is 17.5 Å². The van der Waals surface area contributed by atoms with E-state index in [1.807, 2.05) is 40.7 Å². The summed E-state index contributed by atoms with van der Waals surface area (Å²) in [5.41, 5.74) is 2.94. The van der Waals surface area contributed by atoms with E-state index in [1.54, 1.807) is 12.1 Å². The molecule has 0 spiro atoms. The molecule has 0 bridgehead atoms. The summed E-state index contributed by atoms with van der Waals surface area (Å²) in [6.45, 7) is 9.80. The Balaban J connectivity index is 2.26. The molecule has 0 saturated carbocycles. The lowest BCUT2D eigenvalue weighted by molar-refractivity contribution is 0.0982. The van der Waals surface area contributed by atoms with Crippen molar-refractivity contribution in [1.29, 1.82) is 0 Å². The molecule has 6 heteroatoms. The Hall–Kier alpha value is -1.82. The first kappa shape index (κ1) is 17.5. The monoisotopic (exact) mass is 336 g/mol. The Morgan fingerprint density at radius 1 is 1.22 bits per heavy atom. The average molecular weight is 336 g/mol. The van der Waals surface area contributed by atoms with Crippen molar-refractivity contribution >= 4 is 26.8 Å². The second-order valence-corrected chi connectivity index (χ2v) is 9.01. The zero-order chi connectivity index (χ0) is 17.4. The number of benzene rings is 1. The summed E-state index contributed by atoms with van der Waals surface area (Å²) in [4.78, 5) is 15.6. The molecule has 1 aromatic carbocycles. The van der Waals surface area contributed by atoms with Crippen LogP contribution in [0.4, 0.5) is 0 Å². The normalized spacial score (nSPS) is 12.6. The van der Waals surface area contributed by atoms with Crippen molar-refractivity contribution in [1.82, 2.24) is 9.71 Å². The van der Waals surface area contributed by atoms with Crippen LogP contribution in [-0.2, 0) is 10.0 Å². The number of para-hydroxylation sites is 1. The summed E-state index contributed by atoms with van der Waals surface area (Å²) < 4.78 is 26.4. The van der Waals surface area contributed by atoms with Crippen molar-refractivity contribution in [2.24, 2.45) is 5.41 Å². The lowest BCUT2D eigenvalue weighted by Gasteiger charge is -2.17. The molecule has 23 heavy (non-hydrogen) atoms. The number of aromatic amines is 1. The fourth-order valence-corrected chi connectivity index (χ4v) is 3.74. The third-order valence-corrected chi connectivity index (χ3v) is 5.20. The Morgan fingerprint density at radius 2 is 1.87 bits per heavy atom. The van der Waals surface area contributed by atoms with Crippen LogP contribution in [0, 0.1) is 19.3 Å². The predicted molar refractivity (Wildman–Crippen MR) is 93.1 cm³/mol. The number of aromatic nitrogens is 1. The van der Waals surface area contributed by atoms with Crippen molar-refractivity contribution < 1.29 is 13.2 Å². The highest BCUT2D eigenvalue weighted by atomic mass is 32.2. The first-order valence-corrected chi connectivity index (χ1v) is 9.28. The molecule has 2 rings (SSSR count). The van der Waals surface area contributed by atoms with E-state index < -0.39 is 15.9 Å². The van der Waals surface area contributed by atoms with Crippen molar-refractivity contribution in [3.8, 4) is 0 Å². The second kappa shape index (κ2) is 6.00. The van der Waals surface area contributed by atoms with Crippen LogP contribution in [-0.4, -0.2) is 25.1 Å². The number of hydrogen-bond acceptors (Lipinski definition) is 3. The van der Waals surface area contributed by atoms with E-state index >= 15 is 0 Å². The number of sulfonamides is 1. The molecule has 1 heterocycles. The maximum Gasteiger partial charge on any atom is 0.266 e. The first-order valence-electron chi connectivity index (χ1n) is 7.63. The molecule has 2 aromatic rings. The molecule has 1 amide bonds. The minimum atomic E-state index is -3.65. The van der Waals surface area contributed by atoms with E-state index in [1.165, 1.54) is 0 Å². The van der Waals surface area contributed by atoms with Gasteiger partial charge in [-0.15, -0.1) is 0 Å². The molecule has 0 aliphatic heterocycles. The topological polar surface area (TPSA) is 79.0 Å². The lowest BCUT2D eigenvalue weighted by atomic mass is 9.94. The second-order valence-electron chi connectivity index (χ2n) is 7.16. The van der Waals surface area contributed by atoms with Gasteiger partial charge in [0, 0.05) is 11.1 Å². The van der Waals surface area contributed by atoms with E-state index in [2.05, 4.69) is 9.71 Å². The van der Waals surface area contributed by atoms with E-state index in [0.717, 1.165) is 16.6 Å². The van der Waals surface area contributed by atoms with Crippen LogP contribution in [0.2, 0.25) is 0 Å². The molecule has 2 N–H and O–H groups in total. The molecule has 0 radical (unpaired) electrons. The molecule has 0 saturated heterocycles. The molecule has 0 fully saturated rings. The predicted octanol–water partition coefficient (Wildman–Crippen LogP) is 3.28. The summed E-state index contributed by atoms with van der Waals surface area (Å²) in [6.07, 6.45) is 0.487. The summed E-state index contributed by atoms with van der Waals surface area (Å²) >= 11 is 0. The fraction of sp³-hybridized carbons (Fsp3) is 0.471. The average Bonchev–Trinajstić information content (AvgIpc) is 2.71. The van der Waals surface area contributed by atoms with Gasteiger partial charge in [-0.25, -0.2) is 13.1 Å². The zero-order valence-electron chi connectivity index (χ0n) is 14.3. The number of nitrogens with one attached hydrogen (secondary N) is 2. The standard InChI is InChI=1S/C17H24N2O3S/c1-11-12(2)18-15-13(11)7-6-8-14(15)16(20)19-23(21,22)10-9-17(3,4)5/h6-8,18H,9-10H2,1-5H3,(H,19,20). The Kier molecular flexibility index (Phi) is 4.57. The molecule has 0 unspecified atom stereocenters. The van der Waals surface area contributed by atoms with Gasteiger partial charge >= 0.3 is 0 Å². The van der Waals surface area contributed by atoms with Crippen LogP contribution in [0.1, 0.15) is 48.8 Å². The van der Waals surface area contributed by atoms with Crippen molar-refractivity contribution in [2.75, 3.05) is 5.75 Å². The summed E-state index contributed by atoms with van der Waals surface area (Å²) in [5, 5.41) is 0.933. The highest BCUT2D eigenvalue weighted by Gasteiger charge is 2.22. The SMILES string of the molecule is Cc1[nH]c2c(C(=O)NS(=O)(=O)CCC(C)(C)C)cccc2c1C. The number of rotatable bonds is 4. The van der Waals surface area contributed by atoms with Gasteiger partial charge in [-0.3, -0.25) is 4.79 Å². The van der Waals surface area contributed by atoms with Gasteiger partial charge < -0.3 is 4.98 Å². The zero-order valence-corrected chi connectivity index (χ0v) is 15.1. The first-order chi connectivity index (χ1) is 10.5. The van der Waals surface area contributed by atoms with Gasteiger partial charge in [0.25, 0.3) is 5.91 Å². The molecule has 0 aliphatic rings. The van der Waals surface area contributed by atoms with E-state index in [-0.39, 0.29) is 11.2 Å². The molecule has 5 nitrogen and oxygen atoms in total. The van der Waals surface area contributed by atoms with E-state index in [4.69, 9.17) is 0 Å². The Labute approximate surface area is 137 Å². The number of carbonyl (C=O) groups is 1. The number of H-pyrrole nitrogens is 1. The van der Waals surface area contributed by atoms with Gasteiger partial charge in [-0.2, -0.15) is 0 Å². The van der Waals surface area contributed by atoms with Crippen LogP contribution < -0.4 is 4.72 Å². The highest BCUT2D eigenvalue weighted by molar-refractivity contribution is 7.90. The largest absolute Gasteiger partial charge is 0.358 e. The Bertz CT molecular complexity index is 843. The number of amides is 1. The molecule has 126 valence electrons.